The predicted molar refractivity (Wildman–Crippen MR) is 100 cm³/mol. The Hall–Kier alpha value is -1.22. The van der Waals surface area contributed by atoms with E-state index in [9.17, 15) is 9.59 Å². The molecule has 2 bridgehead atoms. The van der Waals surface area contributed by atoms with Crippen LogP contribution in [0.4, 0.5) is 0 Å². The van der Waals surface area contributed by atoms with Crippen LogP contribution in [0.5, 0.6) is 0 Å². The Bertz CT molecular complexity index is 779. The SMILES string of the molecule is COC1CC2(CCC3(O2)C2(CO2)CC(OC(C)=O)C2C4CCCC23COC4=O)CO1. The number of carbonyl (C=O) groups excluding carboxylic acids is 2. The van der Waals surface area contributed by atoms with E-state index < -0.39 is 22.2 Å². The molecule has 4 aliphatic heterocycles. The molecule has 8 atom stereocenters. The van der Waals surface area contributed by atoms with Crippen LogP contribution >= 0.6 is 0 Å². The van der Waals surface area contributed by atoms with Crippen molar-refractivity contribution in [3.63, 3.8) is 0 Å². The first kappa shape index (κ1) is 19.5. The van der Waals surface area contributed by atoms with E-state index in [4.69, 9.17) is 28.4 Å². The Morgan fingerprint density at radius 2 is 1.97 bits per heavy atom. The molecule has 0 radical (unpaired) electrons. The third kappa shape index (κ3) is 2.31. The van der Waals surface area contributed by atoms with E-state index in [2.05, 4.69) is 0 Å². The third-order valence-electron chi connectivity index (χ3n) is 8.92. The van der Waals surface area contributed by atoms with Crippen molar-refractivity contribution >= 4 is 11.9 Å². The molecule has 6 fully saturated rings. The van der Waals surface area contributed by atoms with Crippen LogP contribution in [0.15, 0.2) is 0 Å². The molecule has 4 saturated heterocycles. The molecular formula is C22H30O8. The average molecular weight is 422 g/mol. The van der Waals surface area contributed by atoms with Gasteiger partial charge in [0.05, 0.1) is 24.7 Å². The van der Waals surface area contributed by atoms with Crippen LogP contribution < -0.4 is 0 Å². The summed E-state index contributed by atoms with van der Waals surface area (Å²) in [5.41, 5.74) is -1.87. The lowest BCUT2D eigenvalue weighted by molar-refractivity contribution is -0.298. The second-order valence-electron chi connectivity index (χ2n) is 10.2. The van der Waals surface area contributed by atoms with Crippen LogP contribution in [0.3, 0.4) is 0 Å². The van der Waals surface area contributed by atoms with Crippen molar-refractivity contribution in [1.82, 2.24) is 0 Å². The zero-order valence-corrected chi connectivity index (χ0v) is 17.6. The van der Waals surface area contributed by atoms with Crippen molar-refractivity contribution in [2.45, 2.75) is 81.1 Å². The van der Waals surface area contributed by atoms with Gasteiger partial charge in [0.25, 0.3) is 0 Å². The van der Waals surface area contributed by atoms with Gasteiger partial charge in [-0.05, 0) is 25.7 Å². The lowest BCUT2D eigenvalue weighted by Gasteiger charge is -2.64. The van der Waals surface area contributed by atoms with Crippen molar-refractivity contribution < 1.29 is 38.0 Å². The number of epoxide rings is 1. The van der Waals surface area contributed by atoms with E-state index in [-0.39, 0.29) is 36.2 Å². The maximum Gasteiger partial charge on any atom is 0.309 e. The zero-order valence-electron chi connectivity index (χ0n) is 17.6. The second kappa shape index (κ2) is 6.18. The number of methoxy groups -OCH3 is 1. The molecule has 6 aliphatic rings. The minimum absolute atomic E-state index is 0.0954. The average Bonchev–Trinajstić information content (AvgIpc) is 3.23. The summed E-state index contributed by atoms with van der Waals surface area (Å²) in [6, 6.07) is 0. The molecule has 0 aromatic rings. The Kier molecular flexibility index (Phi) is 4.01. The summed E-state index contributed by atoms with van der Waals surface area (Å²) in [4.78, 5) is 24.7. The van der Waals surface area contributed by atoms with Gasteiger partial charge in [-0.15, -0.1) is 0 Å². The van der Waals surface area contributed by atoms with Gasteiger partial charge in [0, 0.05) is 38.2 Å². The largest absolute Gasteiger partial charge is 0.465 e. The van der Waals surface area contributed by atoms with Crippen molar-refractivity contribution in [3.8, 4) is 0 Å². The molecule has 4 heterocycles. The highest BCUT2D eigenvalue weighted by molar-refractivity contribution is 5.75. The van der Waals surface area contributed by atoms with E-state index in [1.54, 1.807) is 7.11 Å². The monoisotopic (exact) mass is 422 g/mol. The Labute approximate surface area is 175 Å². The van der Waals surface area contributed by atoms with Crippen LogP contribution in [0, 0.1) is 17.3 Å². The van der Waals surface area contributed by atoms with E-state index in [0.717, 1.165) is 32.1 Å². The molecule has 8 unspecified atom stereocenters. The van der Waals surface area contributed by atoms with E-state index >= 15 is 0 Å². The van der Waals surface area contributed by atoms with Gasteiger partial charge in [-0.25, -0.2) is 0 Å². The minimum atomic E-state index is -0.563. The van der Waals surface area contributed by atoms with Gasteiger partial charge < -0.3 is 28.4 Å². The van der Waals surface area contributed by atoms with Gasteiger partial charge in [0.15, 0.2) is 6.29 Å². The standard InChI is InChI=1S/C22H30O8/c1-13(23)29-15-8-21(12-28-21)22(7-6-19(30-22)9-16(25-2)26-10-19)20-5-3-4-14(17(15)20)18(24)27-11-20/h14-17H,3-12H2,1-2H3. The molecule has 8 heteroatoms. The fourth-order valence-corrected chi connectivity index (χ4v) is 7.76. The topological polar surface area (TPSA) is 92.8 Å². The summed E-state index contributed by atoms with van der Waals surface area (Å²) in [5.74, 6) is -0.819. The fraction of sp³-hybridized carbons (Fsp3) is 0.909. The van der Waals surface area contributed by atoms with Gasteiger partial charge in [-0.2, -0.15) is 0 Å². The van der Waals surface area contributed by atoms with Gasteiger partial charge >= 0.3 is 11.9 Å². The number of hydrogen-bond donors (Lipinski definition) is 0. The van der Waals surface area contributed by atoms with E-state index in [1.165, 1.54) is 6.92 Å². The molecule has 30 heavy (non-hydrogen) atoms. The zero-order chi connectivity index (χ0) is 20.8. The number of hydrogen-bond acceptors (Lipinski definition) is 8. The second-order valence-corrected chi connectivity index (χ2v) is 10.2. The summed E-state index contributed by atoms with van der Waals surface area (Å²) in [7, 11) is 1.66. The number of ether oxygens (including phenoxy) is 6. The Morgan fingerprint density at radius 1 is 1.13 bits per heavy atom. The molecule has 8 nitrogen and oxygen atoms in total. The van der Waals surface area contributed by atoms with Gasteiger partial charge in [-0.3, -0.25) is 9.59 Å². The van der Waals surface area contributed by atoms with Crippen LogP contribution in [-0.2, 0) is 38.0 Å². The van der Waals surface area contributed by atoms with Crippen LogP contribution in [0.1, 0.15) is 51.9 Å². The van der Waals surface area contributed by atoms with Crippen LogP contribution in [0.25, 0.3) is 0 Å². The lowest BCUT2D eigenvalue weighted by Crippen LogP contribution is -2.74. The summed E-state index contributed by atoms with van der Waals surface area (Å²) in [5, 5.41) is 0. The minimum Gasteiger partial charge on any atom is -0.465 e. The number of esters is 2. The molecule has 166 valence electrons. The summed E-state index contributed by atoms with van der Waals surface area (Å²) in [6.45, 7) is 2.83. The summed E-state index contributed by atoms with van der Waals surface area (Å²) < 4.78 is 36.2. The van der Waals surface area contributed by atoms with Gasteiger partial charge in [0.1, 0.15) is 23.9 Å². The first-order chi connectivity index (χ1) is 14.4. The molecule has 0 N–H and O–H groups in total. The van der Waals surface area contributed by atoms with Crippen LogP contribution in [0.2, 0.25) is 0 Å². The van der Waals surface area contributed by atoms with Crippen LogP contribution in [-0.4, -0.2) is 68.1 Å². The van der Waals surface area contributed by atoms with E-state index in [1.807, 2.05) is 0 Å². The molecule has 3 spiro atoms. The van der Waals surface area contributed by atoms with Crippen molar-refractivity contribution in [2.75, 3.05) is 26.9 Å². The molecular weight excluding hydrogens is 392 g/mol. The third-order valence-corrected chi connectivity index (χ3v) is 8.92. The first-order valence-corrected chi connectivity index (χ1v) is 11.2. The highest BCUT2D eigenvalue weighted by Crippen LogP contribution is 2.72. The van der Waals surface area contributed by atoms with Crippen molar-refractivity contribution in [1.29, 1.82) is 0 Å². The molecule has 6 rings (SSSR count). The molecule has 2 saturated carbocycles. The summed E-state index contributed by atoms with van der Waals surface area (Å²) in [6.07, 6.45) is 4.96. The molecule has 0 aromatic carbocycles. The normalized spacial score (nSPS) is 53.7. The van der Waals surface area contributed by atoms with Crippen molar-refractivity contribution in [3.05, 3.63) is 0 Å². The Morgan fingerprint density at radius 3 is 2.67 bits per heavy atom. The number of rotatable bonds is 2. The fourth-order valence-electron chi connectivity index (χ4n) is 7.76. The molecule has 2 aliphatic carbocycles. The summed E-state index contributed by atoms with van der Waals surface area (Å²) >= 11 is 0. The smallest absolute Gasteiger partial charge is 0.309 e. The first-order valence-electron chi connectivity index (χ1n) is 11.2. The van der Waals surface area contributed by atoms with Crippen molar-refractivity contribution in [2.24, 2.45) is 17.3 Å². The lowest BCUT2D eigenvalue weighted by atomic mass is 9.45. The highest BCUT2D eigenvalue weighted by Gasteiger charge is 2.82. The Balaban J connectivity index is 1.44. The van der Waals surface area contributed by atoms with Gasteiger partial charge in [0.2, 0.25) is 0 Å². The maximum atomic E-state index is 12.7. The van der Waals surface area contributed by atoms with Gasteiger partial charge in [-0.1, -0.05) is 6.42 Å². The molecule has 0 aromatic heterocycles. The highest BCUT2D eigenvalue weighted by atomic mass is 16.7. The quantitative estimate of drug-likeness (QED) is 0.491. The number of cyclic esters (lactones) is 1. The number of fused-ring (bicyclic) bond motifs is 1. The maximum absolute atomic E-state index is 12.7. The molecule has 0 amide bonds. The van der Waals surface area contributed by atoms with E-state index in [0.29, 0.717) is 32.7 Å². The number of carbonyl (C=O) groups is 2. The predicted octanol–water partition coefficient (Wildman–Crippen LogP) is 1.73.